The standard InChI is InChI=1S/C42H32/c1-5-13-35(14-6-1)37-27-21-33(22-28-37)25-31-41(39-17-9-3-10-18-39)42(40-19-11-4-12-20-40)32-26-34-23-29-38(30-24-34)36-15-7-2-8-16-36/h1-32H/b31-25+,32-26+,42-41+. The van der Waals surface area contributed by atoms with Crippen LogP contribution < -0.4 is 0 Å². The molecule has 0 aliphatic rings. The van der Waals surface area contributed by atoms with Crippen molar-refractivity contribution in [3.8, 4) is 22.3 Å². The van der Waals surface area contributed by atoms with Gasteiger partial charge in [0.1, 0.15) is 0 Å². The first-order chi connectivity index (χ1) is 20.8. The Hall–Kier alpha value is -5.46. The van der Waals surface area contributed by atoms with E-state index in [0.29, 0.717) is 0 Å². The van der Waals surface area contributed by atoms with Crippen molar-refractivity contribution in [2.24, 2.45) is 0 Å². The van der Waals surface area contributed by atoms with Crippen molar-refractivity contribution in [2.75, 3.05) is 0 Å². The Morgan fingerprint density at radius 3 is 0.905 bits per heavy atom. The lowest BCUT2D eigenvalue weighted by atomic mass is 9.92. The normalized spacial score (nSPS) is 12.0. The van der Waals surface area contributed by atoms with Gasteiger partial charge in [-0.15, -0.1) is 0 Å². The Morgan fingerprint density at radius 2 is 0.571 bits per heavy atom. The van der Waals surface area contributed by atoms with Crippen molar-refractivity contribution >= 4 is 23.3 Å². The molecule has 0 aliphatic carbocycles. The predicted octanol–water partition coefficient (Wildman–Crippen LogP) is 11.4. The molecule has 0 aliphatic heterocycles. The molecule has 0 saturated carbocycles. The second-order valence-electron chi connectivity index (χ2n) is 10.2. The Labute approximate surface area is 249 Å². The molecule has 6 aromatic carbocycles. The largest absolute Gasteiger partial charge is 0.0622 e. The van der Waals surface area contributed by atoms with Crippen molar-refractivity contribution in [3.05, 3.63) is 204 Å². The highest BCUT2D eigenvalue weighted by molar-refractivity contribution is 6.02. The summed E-state index contributed by atoms with van der Waals surface area (Å²) >= 11 is 0. The van der Waals surface area contributed by atoms with Crippen LogP contribution in [0.15, 0.2) is 182 Å². The lowest BCUT2D eigenvalue weighted by Crippen LogP contribution is -1.89. The van der Waals surface area contributed by atoms with Gasteiger partial charge >= 0.3 is 0 Å². The van der Waals surface area contributed by atoms with Crippen molar-refractivity contribution in [3.63, 3.8) is 0 Å². The third kappa shape index (κ3) is 6.63. The van der Waals surface area contributed by atoms with Gasteiger partial charge in [-0.1, -0.05) is 194 Å². The number of allylic oxidation sites excluding steroid dienone is 4. The average Bonchev–Trinajstić information content (AvgIpc) is 3.08. The third-order valence-electron chi connectivity index (χ3n) is 7.38. The highest BCUT2D eigenvalue weighted by Crippen LogP contribution is 2.31. The first-order valence-electron chi connectivity index (χ1n) is 14.4. The molecule has 0 atom stereocenters. The molecule has 0 spiro atoms. The minimum atomic E-state index is 1.16. The van der Waals surface area contributed by atoms with E-state index in [1.165, 1.54) is 44.5 Å². The van der Waals surface area contributed by atoms with Crippen LogP contribution in [0.5, 0.6) is 0 Å². The van der Waals surface area contributed by atoms with Gasteiger partial charge in [-0.2, -0.15) is 0 Å². The van der Waals surface area contributed by atoms with Crippen LogP contribution in [0.25, 0.3) is 45.6 Å². The molecule has 0 saturated heterocycles. The number of benzene rings is 6. The maximum absolute atomic E-state index is 2.25. The number of hydrogen-bond donors (Lipinski definition) is 0. The summed E-state index contributed by atoms with van der Waals surface area (Å²) < 4.78 is 0. The summed E-state index contributed by atoms with van der Waals surface area (Å²) in [6.45, 7) is 0. The van der Waals surface area contributed by atoms with Crippen LogP contribution in [-0.2, 0) is 0 Å². The molecule has 200 valence electrons. The van der Waals surface area contributed by atoms with Crippen LogP contribution in [0.1, 0.15) is 22.3 Å². The smallest absolute Gasteiger partial charge is 0.0105 e. The highest BCUT2D eigenvalue weighted by Gasteiger charge is 2.08. The van der Waals surface area contributed by atoms with Crippen LogP contribution in [0, 0.1) is 0 Å². The lowest BCUT2D eigenvalue weighted by molar-refractivity contribution is 1.58. The van der Waals surface area contributed by atoms with E-state index in [2.05, 4.69) is 194 Å². The van der Waals surface area contributed by atoms with Crippen LogP contribution in [0.3, 0.4) is 0 Å². The monoisotopic (exact) mass is 536 g/mol. The van der Waals surface area contributed by atoms with Crippen LogP contribution in [0.2, 0.25) is 0 Å². The molecule has 0 nitrogen and oxygen atoms in total. The lowest BCUT2D eigenvalue weighted by Gasteiger charge is -2.12. The summed E-state index contributed by atoms with van der Waals surface area (Å²) in [6.07, 6.45) is 8.92. The zero-order chi connectivity index (χ0) is 28.4. The maximum Gasteiger partial charge on any atom is -0.0105 e. The second kappa shape index (κ2) is 13.3. The van der Waals surface area contributed by atoms with E-state index in [0.717, 1.165) is 11.1 Å². The van der Waals surface area contributed by atoms with E-state index in [4.69, 9.17) is 0 Å². The van der Waals surface area contributed by atoms with E-state index in [1.54, 1.807) is 0 Å². The molecule has 6 aromatic rings. The van der Waals surface area contributed by atoms with Gasteiger partial charge in [0, 0.05) is 0 Å². The van der Waals surface area contributed by atoms with Gasteiger partial charge in [-0.05, 0) is 55.7 Å². The Kier molecular flexibility index (Phi) is 8.45. The van der Waals surface area contributed by atoms with Crippen molar-refractivity contribution in [2.45, 2.75) is 0 Å². The summed E-state index contributed by atoms with van der Waals surface area (Å²) in [4.78, 5) is 0. The summed E-state index contributed by atoms with van der Waals surface area (Å²) in [7, 11) is 0. The molecule has 0 bridgehead atoms. The first-order valence-corrected chi connectivity index (χ1v) is 14.4. The summed E-state index contributed by atoms with van der Waals surface area (Å²) in [5, 5.41) is 0. The zero-order valence-corrected chi connectivity index (χ0v) is 23.5. The van der Waals surface area contributed by atoms with Gasteiger partial charge in [0.05, 0.1) is 0 Å². The predicted molar refractivity (Wildman–Crippen MR) is 182 cm³/mol. The molecule has 0 fully saturated rings. The molecule has 42 heavy (non-hydrogen) atoms. The third-order valence-corrected chi connectivity index (χ3v) is 7.38. The molecule has 0 radical (unpaired) electrons. The van der Waals surface area contributed by atoms with E-state index >= 15 is 0 Å². The van der Waals surface area contributed by atoms with Gasteiger partial charge < -0.3 is 0 Å². The van der Waals surface area contributed by atoms with Gasteiger partial charge in [0.15, 0.2) is 0 Å². The van der Waals surface area contributed by atoms with Gasteiger partial charge in [0.2, 0.25) is 0 Å². The Balaban J connectivity index is 1.38. The molecule has 0 amide bonds. The molecule has 0 unspecified atom stereocenters. The van der Waals surface area contributed by atoms with E-state index < -0.39 is 0 Å². The van der Waals surface area contributed by atoms with Gasteiger partial charge in [-0.25, -0.2) is 0 Å². The Bertz CT molecular complexity index is 1650. The number of rotatable bonds is 8. The van der Waals surface area contributed by atoms with Crippen LogP contribution >= 0.6 is 0 Å². The van der Waals surface area contributed by atoms with Crippen molar-refractivity contribution in [1.82, 2.24) is 0 Å². The molecular formula is C42H32. The SMILES string of the molecule is C(=C\c1ccc(-c2ccccc2)cc1)/C(=C(/C=C/c1ccc(-c2ccccc2)cc1)c1ccccc1)c1ccccc1. The second-order valence-corrected chi connectivity index (χ2v) is 10.2. The molecule has 0 N–H and O–H groups in total. The minimum Gasteiger partial charge on any atom is -0.0622 e. The van der Waals surface area contributed by atoms with E-state index in [9.17, 15) is 0 Å². The molecule has 0 aromatic heterocycles. The Morgan fingerprint density at radius 1 is 0.286 bits per heavy atom. The maximum atomic E-state index is 2.25. The summed E-state index contributed by atoms with van der Waals surface area (Å²) in [6, 6.07) is 59.8. The minimum absolute atomic E-state index is 1.16. The van der Waals surface area contributed by atoms with E-state index in [1.807, 2.05) is 0 Å². The van der Waals surface area contributed by atoms with Crippen LogP contribution in [-0.4, -0.2) is 0 Å². The highest BCUT2D eigenvalue weighted by atomic mass is 14.1. The molecule has 6 rings (SSSR count). The fourth-order valence-corrected chi connectivity index (χ4v) is 5.11. The van der Waals surface area contributed by atoms with Crippen molar-refractivity contribution < 1.29 is 0 Å². The zero-order valence-electron chi connectivity index (χ0n) is 23.5. The van der Waals surface area contributed by atoms with E-state index in [-0.39, 0.29) is 0 Å². The van der Waals surface area contributed by atoms with Gasteiger partial charge in [-0.3, -0.25) is 0 Å². The fraction of sp³-hybridized carbons (Fsp3) is 0. The fourth-order valence-electron chi connectivity index (χ4n) is 5.11. The number of hydrogen-bond acceptors (Lipinski definition) is 0. The quantitative estimate of drug-likeness (QED) is 0.134. The molecule has 0 heterocycles. The summed E-state index contributed by atoms with van der Waals surface area (Å²) in [5.41, 5.74) is 11.9. The first kappa shape index (κ1) is 26.7. The van der Waals surface area contributed by atoms with Crippen molar-refractivity contribution in [1.29, 1.82) is 0 Å². The average molecular weight is 537 g/mol. The summed E-state index contributed by atoms with van der Waals surface area (Å²) in [5.74, 6) is 0. The van der Waals surface area contributed by atoms with Crippen LogP contribution in [0.4, 0.5) is 0 Å². The molecular weight excluding hydrogens is 504 g/mol. The molecule has 0 heteroatoms. The van der Waals surface area contributed by atoms with Gasteiger partial charge in [0.25, 0.3) is 0 Å². The topological polar surface area (TPSA) is 0 Å².